The van der Waals surface area contributed by atoms with Gasteiger partial charge < -0.3 is 10.1 Å². The first-order valence-corrected chi connectivity index (χ1v) is 9.64. The zero-order valence-corrected chi connectivity index (χ0v) is 17.0. The second-order valence-corrected chi connectivity index (χ2v) is 6.93. The van der Waals surface area contributed by atoms with Gasteiger partial charge in [0.25, 0.3) is 0 Å². The molecule has 0 saturated carbocycles. The summed E-state index contributed by atoms with van der Waals surface area (Å²) in [6.45, 7) is 3.68. The Bertz CT molecular complexity index is 1200. The first-order chi connectivity index (χ1) is 15.0. The fourth-order valence-electron chi connectivity index (χ4n) is 3.04. The Balaban J connectivity index is 1.42. The van der Waals surface area contributed by atoms with Crippen LogP contribution in [0, 0.1) is 19.7 Å². The van der Waals surface area contributed by atoms with Crippen molar-refractivity contribution in [1.29, 1.82) is 0 Å². The molecule has 0 aliphatic heterocycles. The highest BCUT2D eigenvalue weighted by Crippen LogP contribution is 2.23. The molecular weight excluding hydrogens is 397 g/mol. The average molecular weight is 417 g/mol. The van der Waals surface area contributed by atoms with E-state index in [0.717, 1.165) is 11.4 Å². The maximum atomic E-state index is 13.0. The second kappa shape index (κ2) is 8.74. The standard InChI is InChI=1S/C23H20FN5O2/c1-15-26-21(29-12-11-25-16(29)2)14-23(27-15)31-20-9-7-19(8-10-20)28-22(30)13-17-3-5-18(24)6-4-17/h3-12,14H,13H2,1-2H3,(H,28,30). The fourth-order valence-corrected chi connectivity index (χ4v) is 3.04. The predicted octanol–water partition coefficient (Wildman–Crippen LogP) is 4.39. The molecule has 4 rings (SSSR count). The number of imidazole rings is 1. The minimum atomic E-state index is -0.328. The van der Waals surface area contributed by atoms with E-state index >= 15 is 0 Å². The van der Waals surface area contributed by atoms with Gasteiger partial charge in [0.15, 0.2) is 0 Å². The Labute approximate surface area is 178 Å². The van der Waals surface area contributed by atoms with Crippen molar-refractivity contribution < 1.29 is 13.9 Å². The van der Waals surface area contributed by atoms with Crippen LogP contribution in [0.4, 0.5) is 10.1 Å². The van der Waals surface area contributed by atoms with Gasteiger partial charge in [-0.3, -0.25) is 9.36 Å². The largest absolute Gasteiger partial charge is 0.439 e. The number of nitrogens with one attached hydrogen (secondary N) is 1. The van der Waals surface area contributed by atoms with E-state index in [2.05, 4.69) is 20.3 Å². The molecule has 0 radical (unpaired) electrons. The van der Waals surface area contributed by atoms with Crippen molar-refractivity contribution in [2.45, 2.75) is 20.3 Å². The molecule has 1 amide bonds. The SMILES string of the molecule is Cc1nc(Oc2ccc(NC(=O)Cc3ccc(F)cc3)cc2)cc(-n2ccnc2C)n1. The van der Waals surface area contributed by atoms with Crippen molar-refractivity contribution in [2.24, 2.45) is 0 Å². The smallest absolute Gasteiger partial charge is 0.228 e. The topological polar surface area (TPSA) is 81.9 Å². The lowest BCUT2D eigenvalue weighted by molar-refractivity contribution is -0.115. The molecular formula is C23H20FN5O2. The lowest BCUT2D eigenvalue weighted by atomic mass is 10.1. The molecule has 0 aliphatic rings. The van der Waals surface area contributed by atoms with Gasteiger partial charge in [-0.2, -0.15) is 4.98 Å². The quantitative estimate of drug-likeness (QED) is 0.503. The Morgan fingerprint density at radius 2 is 1.81 bits per heavy atom. The fraction of sp³-hybridized carbons (Fsp3) is 0.130. The summed E-state index contributed by atoms with van der Waals surface area (Å²) in [4.78, 5) is 25.2. The van der Waals surface area contributed by atoms with Crippen LogP contribution in [-0.4, -0.2) is 25.4 Å². The number of anilines is 1. The highest BCUT2D eigenvalue weighted by molar-refractivity contribution is 5.92. The molecule has 0 bridgehead atoms. The van der Waals surface area contributed by atoms with Crippen LogP contribution in [0.25, 0.3) is 5.82 Å². The van der Waals surface area contributed by atoms with E-state index in [-0.39, 0.29) is 18.1 Å². The number of hydrogen-bond acceptors (Lipinski definition) is 5. The number of nitrogens with zero attached hydrogens (tertiary/aromatic N) is 4. The van der Waals surface area contributed by atoms with Crippen LogP contribution in [0.5, 0.6) is 11.6 Å². The zero-order chi connectivity index (χ0) is 21.8. The van der Waals surface area contributed by atoms with Crippen LogP contribution in [-0.2, 0) is 11.2 Å². The molecule has 2 heterocycles. The predicted molar refractivity (Wildman–Crippen MR) is 114 cm³/mol. The average Bonchev–Trinajstić information content (AvgIpc) is 3.17. The third-order valence-corrected chi connectivity index (χ3v) is 4.51. The zero-order valence-electron chi connectivity index (χ0n) is 17.0. The van der Waals surface area contributed by atoms with Gasteiger partial charge in [0, 0.05) is 24.1 Å². The van der Waals surface area contributed by atoms with E-state index in [9.17, 15) is 9.18 Å². The highest BCUT2D eigenvalue weighted by atomic mass is 19.1. The van der Waals surface area contributed by atoms with Crippen molar-refractivity contribution in [3.63, 3.8) is 0 Å². The van der Waals surface area contributed by atoms with E-state index < -0.39 is 0 Å². The van der Waals surface area contributed by atoms with Crippen molar-refractivity contribution in [3.8, 4) is 17.4 Å². The van der Waals surface area contributed by atoms with Gasteiger partial charge in [-0.15, -0.1) is 0 Å². The molecule has 2 aromatic carbocycles. The number of amides is 1. The Morgan fingerprint density at radius 1 is 1.06 bits per heavy atom. The van der Waals surface area contributed by atoms with Gasteiger partial charge in [-0.05, 0) is 55.8 Å². The van der Waals surface area contributed by atoms with Crippen LogP contribution in [0.1, 0.15) is 17.2 Å². The number of aryl methyl sites for hydroxylation is 2. The summed E-state index contributed by atoms with van der Waals surface area (Å²) in [5, 5.41) is 2.81. The number of rotatable bonds is 6. The van der Waals surface area contributed by atoms with Crippen molar-refractivity contribution in [1.82, 2.24) is 19.5 Å². The maximum absolute atomic E-state index is 13.0. The summed E-state index contributed by atoms with van der Waals surface area (Å²) in [6.07, 6.45) is 3.69. The molecule has 156 valence electrons. The summed E-state index contributed by atoms with van der Waals surface area (Å²) >= 11 is 0. The number of ether oxygens (including phenoxy) is 1. The molecule has 7 nitrogen and oxygen atoms in total. The van der Waals surface area contributed by atoms with Gasteiger partial charge in [0.05, 0.1) is 6.42 Å². The van der Waals surface area contributed by atoms with Crippen LogP contribution in [0.15, 0.2) is 67.0 Å². The molecule has 0 fully saturated rings. The second-order valence-electron chi connectivity index (χ2n) is 6.93. The summed E-state index contributed by atoms with van der Waals surface area (Å²) in [5.41, 5.74) is 1.37. The van der Waals surface area contributed by atoms with Crippen molar-refractivity contribution in [2.75, 3.05) is 5.32 Å². The summed E-state index contributed by atoms with van der Waals surface area (Å²) in [7, 11) is 0. The molecule has 2 aromatic heterocycles. The van der Waals surface area contributed by atoms with Crippen LogP contribution in [0.2, 0.25) is 0 Å². The van der Waals surface area contributed by atoms with E-state index in [1.165, 1.54) is 12.1 Å². The molecule has 0 unspecified atom stereocenters. The van der Waals surface area contributed by atoms with Crippen LogP contribution >= 0.6 is 0 Å². The Kier molecular flexibility index (Phi) is 5.70. The molecule has 0 aliphatic carbocycles. The van der Waals surface area contributed by atoms with Gasteiger partial charge >= 0.3 is 0 Å². The maximum Gasteiger partial charge on any atom is 0.228 e. The first kappa shape index (κ1) is 20.2. The molecule has 1 N–H and O–H groups in total. The molecule has 4 aromatic rings. The van der Waals surface area contributed by atoms with Gasteiger partial charge in [-0.25, -0.2) is 14.4 Å². The Hall–Kier alpha value is -4.07. The van der Waals surface area contributed by atoms with Crippen molar-refractivity contribution in [3.05, 3.63) is 90.0 Å². The molecule has 31 heavy (non-hydrogen) atoms. The lowest BCUT2D eigenvalue weighted by Gasteiger charge is -2.10. The molecule has 0 atom stereocenters. The van der Waals surface area contributed by atoms with Gasteiger partial charge in [-0.1, -0.05) is 12.1 Å². The summed E-state index contributed by atoms with van der Waals surface area (Å²) < 4.78 is 20.7. The van der Waals surface area contributed by atoms with Crippen LogP contribution < -0.4 is 10.1 Å². The van der Waals surface area contributed by atoms with Crippen molar-refractivity contribution >= 4 is 11.6 Å². The van der Waals surface area contributed by atoms with Gasteiger partial charge in [0.1, 0.15) is 29.0 Å². The van der Waals surface area contributed by atoms with Gasteiger partial charge in [0.2, 0.25) is 11.8 Å². The summed E-state index contributed by atoms with van der Waals surface area (Å²) in [5.74, 6) is 2.52. The third kappa shape index (κ3) is 5.11. The number of carbonyl (C=O) groups excluding carboxylic acids is 1. The third-order valence-electron chi connectivity index (χ3n) is 4.51. The van der Waals surface area contributed by atoms with Crippen LogP contribution in [0.3, 0.4) is 0 Å². The highest BCUT2D eigenvalue weighted by Gasteiger charge is 2.09. The molecule has 8 heteroatoms. The van der Waals surface area contributed by atoms with E-state index in [4.69, 9.17) is 4.74 Å². The lowest BCUT2D eigenvalue weighted by Crippen LogP contribution is -2.14. The number of carbonyl (C=O) groups is 1. The van der Waals surface area contributed by atoms with E-state index in [1.54, 1.807) is 55.6 Å². The monoisotopic (exact) mass is 417 g/mol. The number of halogens is 1. The minimum absolute atomic E-state index is 0.162. The number of benzene rings is 2. The number of aromatic nitrogens is 4. The first-order valence-electron chi connectivity index (χ1n) is 9.64. The molecule has 0 saturated heterocycles. The number of hydrogen-bond donors (Lipinski definition) is 1. The minimum Gasteiger partial charge on any atom is -0.439 e. The summed E-state index contributed by atoms with van der Waals surface area (Å²) in [6, 6.07) is 14.6. The molecule has 0 spiro atoms. The normalized spacial score (nSPS) is 10.7. The Morgan fingerprint density at radius 3 is 2.48 bits per heavy atom. The van der Waals surface area contributed by atoms with E-state index in [1.807, 2.05) is 17.7 Å². The van der Waals surface area contributed by atoms with E-state index in [0.29, 0.717) is 29.0 Å².